The van der Waals surface area contributed by atoms with E-state index in [0.29, 0.717) is 22.6 Å². The number of nitrogens with zero attached hydrogens (tertiary/aromatic N) is 11. The fraction of sp³-hybridized carbons (Fsp3) is 0.300. The molecule has 5 aromatic heterocycles. The molecule has 0 saturated carbocycles. The van der Waals surface area contributed by atoms with Gasteiger partial charge in [0.05, 0.1) is 24.6 Å². The Morgan fingerprint density at radius 1 is 0.837 bits per heavy atom. The van der Waals surface area contributed by atoms with Gasteiger partial charge in [0.2, 0.25) is 5.82 Å². The van der Waals surface area contributed by atoms with E-state index >= 15 is 8.78 Å². The normalized spacial score (nSPS) is 12.0. The summed E-state index contributed by atoms with van der Waals surface area (Å²) in [4.78, 5) is 11.3. The van der Waals surface area contributed by atoms with E-state index in [4.69, 9.17) is 0 Å². The minimum atomic E-state index is -3.49. The lowest BCUT2D eigenvalue weighted by Crippen LogP contribution is -2.28. The zero-order valence-electron chi connectivity index (χ0n) is 24.1. The van der Waals surface area contributed by atoms with Crippen molar-refractivity contribution in [2.45, 2.75) is 32.7 Å². The maximum Gasteiger partial charge on any atom is 0.333 e. The van der Waals surface area contributed by atoms with Gasteiger partial charge < -0.3 is 4.90 Å². The van der Waals surface area contributed by atoms with Crippen molar-refractivity contribution in [1.29, 1.82) is 0 Å². The number of fused-ring (bicyclic) bond motifs is 1. The number of hydrogen-bond donors (Lipinski definition) is 0. The molecule has 0 atom stereocenters. The molecule has 0 bridgehead atoms. The average Bonchev–Trinajstić information content (AvgIpc) is 3.79. The molecule has 1 aromatic carbocycles. The summed E-state index contributed by atoms with van der Waals surface area (Å²) in [6, 6.07) is 9.26. The molecule has 6 rings (SSSR count). The number of hydrogen-bond acceptors (Lipinski definition) is 8. The van der Waals surface area contributed by atoms with Crippen molar-refractivity contribution in [3.63, 3.8) is 0 Å². The van der Waals surface area contributed by atoms with Gasteiger partial charge in [0.25, 0.3) is 0 Å². The first kappa shape index (κ1) is 28.2. The molecule has 6 aromatic rings. The van der Waals surface area contributed by atoms with E-state index in [-0.39, 0.29) is 11.2 Å². The maximum atomic E-state index is 15.9. The molecular weight excluding hydrogens is 552 g/mol. The van der Waals surface area contributed by atoms with Gasteiger partial charge in [0.1, 0.15) is 0 Å². The van der Waals surface area contributed by atoms with E-state index in [2.05, 4.69) is 54.2 Å². The average molecular weight is 584 g/mol. The summed E-state index contributed by atoms with van der Waals surface area (Å²) in [5, 5.41) is 20.7. The first-order chi connectivity index (χ1) is 20.9. The van der Waals surface area contributed by atoms with Crippen LogP contribution in [-0.4, -0.2) is 73.9 Å². The molecule has 0 aliphatic rings. The predicted octanol–water partition coefficient (Wildman–Crippen LogP) is 4.72. The van der Waals surface area contributed by atoms with Crippen LogP contribution in [0.2, 0.25) is 0 Å². The van der Waals surface area contributed by atoms with E-state index < -0.39 is 11.7 Å². The summed E-state index contributed by atoms with van der Waals surface area (Å²) in [5.74, 6) is -3.75. The van der Waals surface area contributed by atoms with Gasteiger partial charge in [-0.25, -0.2) is 9.97 Å². The molecule has 43 heavy (non-hydrogen) atoms. The second-order valence-electron chi connectivity index (χ2n) is 10.3. The Hall–Kier alpha value is -4.91. The molecule has 0 aliphatic heterocycles. The second-order valence-corrected chi connectivity index (χ2v) is 10.3. The highest BCUT2D eigenvalue weighted by molar-refractivity contribution is 5.63. The summed E-state index contributed by atoms with van der Waals surface area (Å²) in [5.41, 5.74) is 3.25. The molecular formula is C30H31F2N11. The molecule has 13 heteroatoms. The topological polar surface area (TPSA) is 108 Å². The van der Waals surface area contributed by atoms with Crippen LogP contribution in [0.4, 0.5) is 8.78 Å². The van der Waals surface area contributed by atoms with Gasteiger partial charge in [-0.15, -0.1) is 10.2 Å². The van der Waals surface area contributed by atoms with E-state index in [1.54, 1.807) is 67.0 Å². The Labute approximate surface area is 246 Å². The van der Waals surface area contributed by atoms with Gasteiger partial charge in [-0.05, 0) is 37.7 Å². The molecule has 0 spiro atoms. The Kier molecular flexibility index (Phi) is 7.72. The van der Waals surface area contributed by atoms with E-state index in [0.717, 1.165) is 48.2 Å². The zero-order valence-corrected chi connectivity index (χ0v) is 24.1. The van der Waals surface area contributed by atoms with Gasteiger partial charge >= 0.3 is 5.92 Å². The molecule has 0 N–H and O–H groups in total. The smallest absolute Gasteiger partial charge is 0.302 e. The molecule has 0 unspecified atom stereocenters. The monoisotopic (exact) mass is 583 g/mol. The fourth-order valence-corrected chi connectivity index (χ4v) is 4.92. The Balaban J connectivity index is 1.22. The van der Waals surface area contributed by atoms with Gasteiger partial charge in [-0.1, -0.05) is 32.0 Å². The summed E-state index contributed by atoms with van der Waals surface area (Å²) >= 11 is 0. The van der Waals surface area contributed by atoms with Crippen LogP contribution in [0.15, 0.2) is 73.6 Å². The molecule has 0 fully saturated rings. The molecule has 0 radical (unpaired) electrons. The third-order valence-electron chi connectivity index (χ3n) is 7.28. The summed E-state index contributed by atoms with van der Waals surface area (Å²) in [7, 11) is 1.77. The SMILES string of the molecule is CCCN(CC)CCn1cc(-c2cnc(-c3cccc(C(F)(F)c4nnc5ccc(-c6cnn(C)c6)nn45)c3)nc2)cn1. The lowest BCUT2D eigenvalue weighted by atomic mass is 10.0. The molecule has 0 amide bonds. The van der Waals surface area contributed by atoms with Crippen LogP contribution < -0.4 is 0 Å². The van der Waals surface area contributed by atoms with Gasteiger partial charge in [0.15, 0.2) is 11.5 Å². The quantitative estimate of drug-likeness (QED) is 0.216. The highest BCUT2D eigenvalue weighted by atomic mass is 19.3. The first-order valence-electron chi connectivity index (χ1n) is 14.1. The molecule has 0 saturated heterocycles. The molecule has 0 aliphatic carbocycles. The largest absolute Gasteiger partial charge is 0.333 e. The van der Waals surface area contributed by atoms with Crippen molar-refractivity contribution in [1.82, 2.24) is 54.2 Å². The summed E-state index contributed by atoms with van der Waals surface area (Å²) in [6.45, 7) is 8.11. The van der Waals surface area contributed by atoms with Crippen molar-refractivity contribution < 1.29 is 8.78 Å². The van der Waals surface area contributed by atoms with Crippen molar-refractivity contribution in [2.75, 3.05) is 19.6 Å². The minimum Gasteiger partial charge on any atom is -0.302 e. The third-order valence-corrected chi connectivity index (χ3v) is 7.28. The number of halogens is 2. The van der Waals surface area contributed by atoms with Crippen LogP contribution in [0, 0.1) is 0 Å². The lowest BCUT2D eigenvalue weighted by molar-refractivity contribution is 0.0307. The summed E-state index contributed by atoms with van der Waals surface area (Å²) in [6.07, 6.45) is 11.6. The molecule has 11 nitrogen and oxygen atoms in total. The van der Waals surface area contributed by atoms with E-state index in [1.165, 1.54) is 12.1 Å². The highest BCUT2D eigenvalue weighted by Crippen LogP contribution is 2.36. The maximum absolute atomic E-state index is 15.9. The number of aromatic nitrogens is 10. The van der Waals surface area contributed by atoms with Crippen LogP contribution in [0.5, 0.6) is 0 Å². The number of benzene rings is 1. The predicted molar refractivity (Wildman–Crippen MR) is 157 cm³/mol. The van der Waals surface area contributed by atoms with Crippen LogP contribution in [-0.2, 0) is 19.5 Å². The van der Waals surface area contributed by atoms with Gasteiger partial charge in [-0.2, -0.15) is 28.6 Å². The van der Waals surface area contributed by atoms with Crippen molar-refractivity contribution >= 4 is 5.65 Å². The number of likely N-dealkylation sites (N-methyl/N-ethyl adjacent to an activating group) is 1. The fourth-order valence-electron chi connectivity index (χ4n) is 4.92. The third kappa shape index (κ3) is 5.75. The van der Waals surface area contributed by atoms with Gasteiger partial charge in [0, 0.05) is 66.2 Å². The second kappa shape index (κ2) is 11.8. The lowest BCUT2D eigenvalue weighted by Gasteiger charge is -2.19. The van der Waals surface area contributed by atoms with Crippen LogP contribution in [0.1, 0.15) is 31.7 Å². The zero-order chi connectivity index (χ0) is 30.0. The Morgan fingerprint density at radius 3 is 2.40 bits per heavy atom. The number of alkyl halides is 2. The molecule has 220 valence electrons. The Morgan fingerprint density at radius 2 is 1.65 bits per heavy atom. The van der Waals surface area contributed by atoms with Crippen molar-refractivity contribution in [2.24, 2.45) is 7.05 Å². The van der Waals surface area contributed by atoms with Crippen LogP contribution in [0.25, 0.3) is 39.4 Å². The summed E-state index contributed by atoms with van der Waals surface area (Å²) < 4.78 is 36.4. The Bertz CT molecular complexity index is 1840. The standard InChI is InChI=1S/C30H31F2N11/c1-4-11-41(5-2)12-13-42-20-23(17-36-42)22-15-33-28(34-16-22)21-7-6-8-25(14-21)30(31,32)29-38-37-27-10-9-26(39-43(27)29)24-18-35-40(3)19-24/h6-10,14-20H,4-5,11-13H2,1-3H3. The van der Waals surface area contributed by atoms with Crippen molar-refractivity contribution in [3.8, 4) is 33.8 Å². The molecule has 5 heterocycles. The number of aryl methyl sites for hydroxylation is 1. The van der Waals surface area contributed by atoms with Crippen molar-refractivity contribution in [3.05, 3.63) is 85.0 Å². The van der Waals surface area contributed by atoms with Crippen LogP contribution in [0.3, 0.4) is 0 Å². The van der Waals surface area contributed by atoms with E-state index in [1.807, 2.05) is 10.9 Å². The van der Waals surface area contributed by atoms with Gasteiger partial charge in [-0.3, -0.25) is 9.36 Å². The number of rotatable bonds is 11. The van der Waals surface area contributed by atoms with Crippen LogP contribution >= 0.6 is 0 Å². The minimum absolute atomic E-state index is 0.212. The first-order valence-corrected chi connectivity index (χ1v) is 14.1. The highest BCUT2D eigenvalue weighted by Gasteiger charge is 2.40. The van der Waals surface area contributed by atoms with E-state index in [9.17, 15) is 0 Å².